The first-order valence-corrected chi connectivity index (χ1v) is 10.2. The molecule has 146 valence electrons. The fraction of sp³-hybridized carbons (Fsp3) is 0.368. The molecule has 3 aromatic heterocycles. The van der Waals surface area contributed by atoms with Crippen molar-refractivity contribution in [2.75, 3.05) is 37.6 Å². The average molecular weight is 398 g/mol. The smallest absolute Gasteiger partial charge is 0.236 e. The van der Waals surface area contributed by atoms with E-state index in [4.69, 9.17) is 9.41 Å². The van der Waals surface area contributed by atoms with Gasteiger partial charge >= 0.3 is 0 Å². The Morgan fingerprint density at radius 2 is 2.04 bits per heavy atom. The van der Waals surface area contributed by atoms with E-state index < -0.39 is 0 Å². The van der Waals surface area contributed by atoms with Gasteiger partial charge in [0.05, 0.1) is 11.4 Å². The summed E-state index contributed by atoms with van der Waals surface area (Å²) in [6, 6.07) is 5.83. The second kappa shape index (κ2) is 8.83. The van der Waals surface area contributed by atoms with Crippen LogP contribution in [0, 0.1) is 0 Å². The Morgan fingerprint density at radius 3 is 2.75 bits per heavy atom. The van der Waals surface area contributed by atoms with Crippen LogP contribution in [0.5, 0.6) is 0 Å². The number of hydrogen-bond donors (Lipinski definition) is 1. The van der Waals surface area contributed by atoms with Crippen LogP contribution in [0.2, 0.25) is 0 Å². The minimum Gasteiger partial charge on any atom is -0.443 e. The van der Waals surface area contributed by atoms with Crippen LogP contribution in [-0.2, 0) is 6.54 Å². The third-order valence-electron chi connectivity index (χ3n) is 4.42. The molecule has 28 heavy (non-hydrogen) atoms. The van der Waals surface area contributed by atoms with Gasteiger partial charge in [-0.05, 0) is 24.4 Å². The van der Waals surface area contributed by atoms with Gasteiger partial charge in [0.1, 0.15) is 12.0 Å². The van der Waals surface area contributed by atoms with E-state index in [0.29, 0.717) is 12.4 Å². The molecule has 0 aromatic carbocycles. The molecule has 0 radical (unpaired) electrons. The Balaban J connectivity index is 1.39. The summed E-state index contributed by atoms with van der Waals surface area (Å²) < 4.78 is 5.59. The van der Waals surface area contributed by atoms with Gasteiger partial charge in [-0.25, -0.2) is 19.9 Å². The standard InChI is InChI=1S/C19H23N7OS/c1-2-20-18(23-13-15-14-27-17(24-15)16-5-3-12-28-16)25-8-10-26(11-9-25)19-21-6-4-7-22-19/h3-7,12,14H,2,8-11,13H2,1H3,(H,20,23). The normalized spacial score (nSPS) is 15.1. The zero-order valence-electron chi connectivity index (χ0n) is 15.8. The van der Waals surface area contributed by atoms with Crippen molar-refractivity contribution >= 4 is 23.2 Å². The largest absolute Gasteiger partial charge is 0.443 e. The highest BCUT2D eigenvalue weighted by Crippen LogP contribution is 2.23. The number of aromatic nitrogens is 3. The Hall–Kier alpha value is -2.94. The molecular formula is C19H23N7OS. The molecule has 4 heterocycles. The minimum atomic E-state index is 0.485. The predicted octanol–water partition coefficient (Wildman–Crippen LogP) is 2.48. The van der Waals surface area contributed by atoms with Gasteiger partial charge in [0.25, 0.3) is 0 Å². The molecule has 1 aliphatic rings. The van der Waals surface area contributed by atoms with E-state index in [9.17, 15) is 0 Å². The molecule has 8 nitrogen and oxygen atoms in total. The first-order valence-electron chi connectivity index (χ1n) is 9.37. The lowest BCUT2D eigenvalue weighted by Crippen LogP contribution is -2.53. The molecule has 0 aliphatic carbocycles. The molecule has 1 saturated heterocycles. The highest BCUT2D eigenvalue weighted by atomic mass is 32.1. The van der Waals surface area contributed by atoms with E-state index in [0.717, 1.165) is 55.2 Å². The van der Waals surface area contributed by atoms with Crippen LogP contribution >= 0.6 is 11.3 Å². The Kier molecular flexibility index (Phi) is 5.81. The summed E-state index contributed by atoms with van der Waals surface area (Å²) in [5.74, 6) is 2.34. The van der Waals surface area contributed by atoms with E-state index in [2.05, 4.69) is 37.0 Å². The van der Waals surface area contributed by atoms with Gasteiger partial charge in [-0.1, -0.05) is 6.07 Å². The first kappa shape index (κ1) is 18.4. The molecule has 1 N–H and O–H groups in total. The molecular weight excluding hydrogens is 374 g/mol. The maximum atomic E-state index is 5.59. The molecule has 0 unspecified atom stereocenters. The average Bonchev–Trinajstić information content (AvgIpc) is 3.44. The quantitative estimate of drug-likeness (QED) is 0.523. The SMILES string of the molecule is CCNC(=NCc1coc(-c2cccs2)n1)N1CCN(c2ncccn2)CC1. The Morgan fingerprint density at radius 1 is 1.21 bits per heavy atom. The third-order valence-corrected chi connectivity index (χ3v) is 5.28. The number of thiophene rings is 1. The van der Waals surface area contributed by atoms with Crippen molar-refractivity contribution in [3.63, 3.8) is 0 Å². The lowest BCUT2D eigenvalue weighted by Gasteiger charge is -2.36. The highest BCUT2D eigenvalue weighted by molar-refractivity contribution is 7.13. The van der Waals surface area contributed by atoms with Crippen LogP contribution < -0.4 is 10.2 Å². The number of nitrogens with one attached hydrogen (secondary N) is 1. The topological polar surface area (TPSA) is 82.7 Å². The van der Waals surface area contributed by atoms with E-state index in [-0.39, 0.29) is 0 Å². The number of nitrogens with zero attached hydrogens (tertiary/aromatic N) is 6. The molecule has 1 fully saturated rings. The minimum absolute atomic E-state index is 0.485. The van der Waals surface area contributed by atoms with Crippen molar-refractivity contribution in [2.24, 2.45) is 4.99 Å². The predicted molar refractivity (Wildman–Crippen MR) is 110 cm³/mol. The Labute approximate surface area is 168 Å². The van der Waals surface area contributed by atoms with Crippen molar-refractivity contribution in [3.8, 4) is 10.8 Å². The van der Waals surface area contributed by atoms with Crippen molar-refractivity contribution in [1.82, 2.24) is 25.2 Å². The number of rotatable bonds is 5. The lowest BCUT2D eigenvalue weighted by molar-refractivity contribution is 0.370. The molecule has 0 spiro atoms. The van der Waals surface area contributed by atoms with E-state index in [1.807, 2.05) is 23.6 Å². The summed E-state index contributed by atoms with van der Waals surface area (Å²) >= 11 is 1.62. The van der Waals surface area contributed by atoms with Gasteiger partial charge in [-0.3, -0.25) is 0 Å². The fourth-order valence-corrected chi connectivity index (χ4v) is 3.70. The second-order valence-corrected chi connectivity index (χ2v) is 7.26. The van der Waals surface area contributed by atoms with Gasteiger partial charge in [-0.2, -0.15) is 0 Å². The van der Waals surface area contributed by atoms with Crippen LogP contribution in [0.3, 0.4) is 0 Å². The number of oxazole rings is 1. The molecule has 0 amide bonds. The van der Waals surface area contributed by atoms with Crippen molar-refractivity contribution in [3.05, 3.63) is 47.9 Å². The zero-order valence-corrected chi connectivity index (χ0v) is 16.6. The van der Waals surface area contributed by atoms with Crippen molar-refractivity contribution < 1.29 is 4.42 Å². The van der Waals surface area contributed by atoms with Crippen molar-refractivity contribution in [1.29, 1.82) is 0 Å². The van der Waals surface area contributed by atoms with Gasteiger partial charge in [0, 0.05) is 45.1 Å². The van der Waals surface area contributed by atoms with Crippen LogP contribution in [0.15, 0.2) is 51.6 Å². The van der Waals surface area contributed by atoms with Crippen molar-refractivity contribution in [2.45, 2.75) is 13.5 Å². The second-order valence-electron chi connectivity index (χ2n) is 6.31. The maximum Gasteiger partial charge on any atom is 0.236 e. The van der Waals surface area contributed by atoms with Crippen LogP contribution in [0.4, 0.5) is 5.95 Å². The molecule has 1 aliphatic heterocycles. The number of piperazine rings is 1. The summed E-state index contributed by atoms with van der Waals surface area (Å²) in [7, 11) is 0. The number of anilines is 1. The zero-order chi connectivity index (χ0) is 19.2. The molecule has 0 bridgehead atoms. The highest BCUT2D eigenvalue weighted by Gasteiger charge is 2.21. The summed E-state index contributed by atoms with van der Waals surface area (Å²) in [5.41, 5.74) is 0.829. The summed E-state index contributed by atoms with van der Waals surface area (Å²) in [6.45, 7) is 6.84. The molecule has 0 atom stereocenters. The lowest BCUT2D eigenvalue weighted by atomic mass is 10.3. The van der Waals surface area contributed by atoms with Crippen LogP contribution in [-0.4, -0.2) is 58.5 Å². The van der Waals surface area contributed by atoms with E-state index in [1.54, 1.807) is 30.0 Å². The summed E-state index contributed by atoms with van der Waals surface area (Å²) in [6.07, 6.45) is 5.25. The van der Waals surface area contributed by atoms with E-state index >= 15 is 0 Å². The molecule has 3 aromatic rings. The van der Waals surface area contributed by atoms with Gasteiger partial charge in [0.2, 0.25) is 11.8 Å². The van der Waals surface area contributed by atoms with Gasteiger partial charge < -0.3 is 19.5 Å². The van der Waals surface area contributed by atoms with Crippen LogP contribution in [0.1, 0.15) is 12.6 Å². The fourth-order valence-electron chi connectivity index (χ4n) is 3.05. The number of hydrogen-bond acceptors (Lipinski definition) is 7. The summed E-state index contributed by atoms with van der Waals surface area (Å²) in [4.78, 5) is 23.5. The molecule has 4 rings (SSSR count). The monoisotopic (exact) mass is 397 g/mol. The van der Waals surface area contributed by atoms with Crippen LogP contribution in [0.25, 0.3) is 10.8 Å². The Bertz CT molecular complexity index is 886. The summed E-state index contributed by atoms with van der Waals surface area (Å²) in [5, 5.41) is 5.40. The number of aliphatic imine (C=N–C) groups is 1. The number of guanidine groups is 1. The van der Waals surface area contributed by atoms with Gasteiger partial charge in [0.15, 0.2) is 5.96 Å². The maximum absolute atomic E-state index is 5.59. The van der Waals surface area contributed by atoms with Gasteiger partial charge in [-0.15, -0.1) is 11.3 Å². The molecule has 0 saturated carbocycles. The molecule has 9 heteroatoms. The van der Waals surface area contributed by atoms with E-state index in [1.165, 1.54) is 0 Å². The first-order chi connectivity index (χ1) is 13.8. The third kappa shape index (κ3) is 4.30.